The molecule has 6 nitrogen and oxygen atoms in total. The summed E-state index contributed by atoms with van der Waals surface area (Å²) >= 11 is 0. The van der Waals surface area contributed by atoms with Gasteiger partial charge in [-0.05, 0) is 18.9 Å². The van der Waals surface area contributed by atoms with E-state index in [9.17, 15) is 0 Å². The predicted molar refractivity (Wildman–Crippen MR) is 81.9 cm³/mol. The normalized spacial score (nSPS) is 15.3. The Morgan fingerprint density at radius 3 is 2.52 bits per heavy atom. The summed E-state index contributed by atoms with van der Waals surface area (Å²) in [6.07, 6.45) is 0.745. The van der Waals surface area contributed by atoms with Crippen LogP contribution in [0.25, 0.3) is 0 Å². The van der Waals surface area contributed by atoms with Gasteiger partial charge in [0, 0.05) is 5.56 Å². The zero-order valence-electron chi connectivity index (χ0n) is 12.5. The number of rotatable bonds is 5. The Labute approximate surface area is 125 Å². The van der Waals surface area contributed by atoms with Gasteiger partial charge in [-0.15, -0.1) is 0 Å². The van der Waals surface area contributed by atoms with E-state index in [0.29, 0.717) is 25.4 Å². The second kappa shape index (κ2) is 9.52. The number of aliphatic hydroxyl groups excluding tert-OH is 1. The summed E-state index contributed by atoms with van der Waals surface area (Å²) in [6, 6.07) is 7.37. The first-order valence-electron chi connectivity index (χ1n) is 6.99. The summed E-state index contributed by atoms with van der Waals surface area (Å²) in [5.74, 6) is 0.0347. The molecule has 0 aromatic heterocycles. The molecule has 116 valence electrons. The molecule has 1 aromatic carbocycles. The van der Waals surface area contributed by atoms with Gasteiger partial charge in [0.25, 0.3) is 0 Å². The van der Waals surface area contributed by atoms with Crippen LogP contribution in [-0.4, -0.2) is 37.6 Å². The molecule has 1 atom stereocenters. The Hall–Kier alpha value is -1.41. The summed E-state index contributed by atoms with van der Waals surface area (Å²) in [5.41, 5.74) is 7.00. The number of amidine groups is 1. The first kappa shape index (κ1) is 17.6. The van der Waals surface area contributed by atoms with E-state index in [0.717, 1.165) is 12.0 Å². The molecule has 1 heterocycles. The minimum absolute atomic E-state index is 0.0347. The average Bonchev–Trinajstić information content (AvgIpc) is 2.99. The van der Waals surface area contributed by atoms with Crippen molar-refractivity contribution < 1.29 is 19.1 Å². The third-order valence-corrected chi connectivity index (χ3v) is 2.86. The van der Waals surface area contributed by atoms with Crippen molar-refractivity contribution in [1.29, 1.82) is 5.41 Å². The molecule has 0 spiro atoms. The summed E-state index contributed by atoms with van der Waals surface area (Å²) in [7, 11) is -0.597. The number of nitrogens with one attached hydrogen (secondary N) is 1. The first-order chi connectivity index (χ1) is 10.0. The standard InChI is InChI=1S/C10H13BN2O3.C4H10O/c12-10(13)9-4-2-1-3-8(9)7-16-11-14-5-6-15-11;1-3-4(2)5/h1-4H,5-7H2,(H3,12,13);4-5H,3H2,1-2H3. The van der Waals surface area contributed by atoms with Gasteiger partial charge in [-0.2, -0.15) is 0 Å². The van der Waals surface area contributed by atoms with Crippen LogP contribution in [0.4, 0.5) is 0 Å². The predicted octanol–water partition coefficient (Wildman–Crippen LogP) is 1.30. The Morgan fingerprint density at radius 2 is 2.00 bits per heavy atom. The molecule has 1 fully saturated rings. The van der Waals surface area contributed by atoms with Crippen LogP contribution in [0.15, 0.2) is 24.3 Å². The number of benzene rings is 1. The third kappa shape index (κ3) is 6.72. The van der Waals surface area contributed by atoms with Crippen molar-refractivity contribution in [3.63, 3.8) is 0 Å². The molecule has 0 radical (unpaired) electrons. The zero-order valence-corrected chi connectivity index (χ0v) is 12.5. The highest BCUT2D eigenvalue weighted by Gasteiger charge is 2.26. The summed E-state index contributed by atoms with van der Waals surface area (Å²) in [4.78, 5) is 0. The second-order valence-corrected chi connectivity index (χ2v) is 4.67. The SMILES string of the molecule is CCC(C)O.N=C(N)c1ccccc1COB1OCCO1. The average molecular weight is 294 g/mol. The maximum absolute atomic E-state index is 8.36. The monoisotopic (exact) mass is 294 g/mol. The lowest BCUT2D eigenvalue weighted by molar-refractivity contribution is 0.170. The fourth-order valence-corrected chi connectivity index (χ4v) is 1.50. The van der Waals surface area contributed by atoms with E-state index in [4.69, 9.17) is 30.2 Å². The molecule has 1 saturated heterocycles. The smallest absolute Gasteiger partial charge is 0.393 e. The lowest BCUT2D eigenvalue weighted by Crippen LogP contribution is -2.21. The van der Waals surface area contributed by atoms with E-state index in [1.165, 1.54) is 0 Å². The van der Waals surface area contributed by atoms with Crippen molar-refractivity contribution in [2.75, 3.05) is 13.2 Å². The molecule has 0 aliphatic carbocycles. The van der Waals surface area contributed by atoms with Crippen molar-refractivity contribution >= 4 is 13.2 Å². The Balaban J connectivity index is 0.000000383. The lowest BCUT2D eigenvalue weighted by atomic mass is 10.1. The molecule has 1 aliphatic rings. The minimum Gasteiger partial charge on any atom is -0.393 e. The molecule has 1 aliphatic heterocycles. The maximum Gasteiger partial charge on any atom is 0.639 e. The third-order valence-electron chi connectivity index (χ3n) is 2.86. The first-order valence-corrected chi connectivity index (χ1v) is 6.99. The fraction of sp³-hybridized carbons (Fsp3) is 0.500. The van der Waals surface area contributed by atoms with E-state index in [1.807, 2.05) is 25.1 Å². The summed E-state index contributed by atoms with van der Waals surface area (Å²) in [5, 5.41) is 15.8. The van der Waals surface area contributed by atoms with Gasteiger partial charge in [-0.3, -0.25) is 5.41 Å². The van der Waals surface area contributed by atoms with Crippen LogP contribution in [0.2, 0.25) is 0 Å². The number of nitrogen functional groups attached to an aromatic ring is 1. The van der Waals surface area contributed by atoms with Gasteiger partial charge in [0.2, 0.25) is 0 Å². The second-order valence-electron chi connectivity index (χ2n) is 4.67. The molecule has 21 heavy (non-hydrogen) atoms. The number of hydrogen-bond donors (Lipinski definition) is 3. The van der Waals surface area contributed by atoms with Crippen molar-refractivity contribution in [3.05, 3.63) is 35.4 Å². The Morgan fingerprint density at radius 1 is 1.43 bits per heavy atom. The van der Waals surface area contributed by atoms with Crippen molar-refractivity contribution in [1.82, 2.24) is 0 Å². The topological polar surface area (TPSA) is 97.8 Å². The van der Waals surface area contributed by atoms with Gasteiger partial charge in [-0.25, -0.2) is 0 Å². The summed E-state index contributed by atoms with van der Waals surface area (Å²) in [6.45, 7) is 5.16. The number of nitrogens with two attached hydrogens (primary N) is 1. The number of aliphatic hydroxyl groups is 1. The van der Waals surface area contributed by atoms with Crippen LogP contribution in [0.3, 0.4) is 0 Å². The van der Waals surface area contributed by atoms with E-state index in [-0.39, 0.29) is 11.9 Å². The highest BCUT2D eigenvalue weighted by Crippen LogP contribution is 2.11. The fourth-order valence-electron chi connectivity index (χ4n) is 1.50. The summed E-state index contributed by atoms with van der Waals surface area (Å²) < 4.78 is 15.7. The Kier molecular flexibility index (Phi) is 8.00. The van der Waals surface area contributed by atoms with Crippen molar-refractivity contribution in [2.45, 2.75) is 33.0 Å². The van der Waals surface area contributed by atoms with E-state index >= 15 is 0 Å². The van der Waals surface area contributed by atoms with Crippen LogP contribution in [0.1, 0.15) is 31.4 Å². The van der Waals surface area contributed by atoms with Gasteiger partial charge in [0.1, 0.15) is 5.84 Å². The molecule has 2 rings (SSSR count). The molecule has 4 N–H and O–H groups in total. The van der Waals surface area contributed by atoms with Crippen LogP contribution in [-0.2, 0) is 20.6 Å². The molecular formula is C14H23BN2O4. The van der Waals surface area contributed by atoms with Crippen LogP contribution >= 0.6 is 0 Å². The number of hydrogen-bond acceptors (Lipinski definition) is 5. The largest absolute Gasteiger partial charge is 0.639 e. The molecular weight excluding hydrogens is 271 g/mol. The van der Waals surface area contributed by atoms with E-state index < -0.39 is 7.32 Å². The highest BCUT2D eigenvalue weighted by atomic mass is 16.8. The van der Waals surface area contributed by atoms with Gasteiger partial charge in [0.05, 0.1) is 25.9 Å². The van der Waals surface area contributed by atoms with Crippen molar-refractivity contribution in [2.24, 2.45) is 5.73 Å². The van der Waals surface area contributed by atoms with Gasteiger partial charge in [0.15, 0.2) is 0 Å². The van der Waals surface area contributed by atoms with Crippen LogP contribution in [0.5, 0.6) is 0 Å². The molecule has 0 saturated carbocycles. The lowest BCUT2D eigenvalue weighted by Gasteiger charge is -2.09. The Bertz CT molecular complexity index is 437. The van der Waals surface area contributed by atoms with Gasteiger partial charge in [-0.1, -0.05) is 31.2 Å². The van der Waals surface area contributed by atoms with E-state index in [1.54, 1.807) is 13.0 Å². The molecule has 1 aromatic rings. The van der Waals surface area contributed by atoms with Gasteiger partial charge >= 0.3 is 7.32 Å². The quantitative estimate of drug-likeness (QED) is 0.432. The zero-order chi connectivity index (χ0) is 15.7. The van der Waals surface area contributed by atoms with Crippen molar-refractivity contribution in [3.8, 4) is 0 Å². The van der Waals surface area contributed by atoms with E-state index in [2.05, 4.69) is 0 Å². The molecule has 0 amide bonds. The van der Waals surface area contributed by atoms with Crippen LogP contribution < -0.4 is 5.73 Å². The minimum atomic E-state index is -0.597. The van der Waals surface area contributed by atoms with Crippen LogP contribution in [0, 0.1) is 5.41 Å². The molecule has 1 unspecified atom stereocenters. The van der Waals surface area contributed by atoms with Gasteiger partial charge < -0.3 is 24.8 Å². The maximum atomic E-state index is 8.36. The molecule has 7 heteroatoms. The highest BCUT2D eigenvalue weighted by molar-refractivity contribution is 6.36. The molecule has 0 bridgehead atoms.